The van der Waals surface area contributed by atoms with Gasteiger partial charge in [0.1, 0.15) is 48.8 Å². The van der Waals surface area contributed by atoms with Crippen molar-refractivity contribution in [3.05, 3.63) is 0 Å². The molecule has 3 aliphatic rings. The minimum atomic E-state index is -1.56. The fraction of sp³-hybridized carbons (Fsp3) is 1.00. The molecular formula is C12H20O10. The summed E-state index contributed by atoms with van der Waals surface area (Å²) in [5.41, 5.74) is 0. The van der Waals surface area contributed by atoms with Gasteiger partial charge in [0.15, 0.2) is 12.6 Å². The van der Waals surface area contributed by atoms with E-state index in [0.29, 0.717) is 0 Å². The number of hydrogen-bond acceptors (Lipinski definition) is 10. The molecule has 10 heteroatoms. The van der Waals surface area contributed by atoms with E-state index < -0.39 is 68.0 Å². The molecule has 0 radical (unpaired) electrons. The van der Waals surface area contributed by atoms with E-state index in [1.54, 1.807) is 0 Å². The Morgan fingerprint density at radius 3 is 2.32 bits per heavy atom. The van der Waals surface area contributed by atoms with Crippen LogP contribution in [0.5, 0.6) is 0 Å². The Bertz CT molecular complexity index is 392. The highest BCUT2D eigenvalue weighted by Crippen LogP contribution is 2.33. The summed E-state index contributed by atoms with van der Waals surface area (Å²) in [5.74, 6) is 0. The largest absolute Gasteiger partial charge is 0.394 e. The van der Waals surface area contributed by atoms with Crippen LogP contribution in [-0.2, 0) is 18.9 Å². The molecule has 0 aromatic carbocycles. The quantitative estimate of drug-likeness (QED) is 0.299. The van der Waals surface area contributed by atoms with E-state index in [0.717, 1.165) is 0 Å². The van der Waals surface area contributed by atoms with E-state index in [1.807, 2.05) is 0 Å². The second-order valence-electron chi connectivity index (χ2n) is 5.65. The molecule has 0 saturated carbocycles. The monoisotopic (exact) mass is 324 g/mol. The van der Waals surface area contributed by atoms with E-state index in [4.69, 9.17) is 24.1 Å². The molecule has 0 amide bonds. The molecule has 0 aromatic heterocycles. The maximum Gasteiger partial charge on any atom is 0.187 e. The van der Waals surface area contributed by atoms with Gasteiger partial charge in [0, 0.05) is 0 Å². The molecule has 3 aliphatic heterocycles. The third-order valence-electron chi connectivity index (χ3n) is 4.23. The van der Waals surface area contributed by atoms with Crippen molar-refractivity contribution in [1.82, 2.24) is 0 Å². The highest BCUT2D eigenvalue weighted by molar-refractivity contribution is 4.97. The zero-order valence-electron chi connectivity index (χ0n) is 11.5. The van der Waals surface area contributed by atoms with Crippen molar-refractivity contribution in [2.75, 3.05) is 13.2 Å². The molecule has 0 unspecified atom stereocenters. The summed E-state index contributed by atoms with van der Waals surface area (Å²) >= 11 is 0. The number of aliphatic hydroxyl groups excluding tert-OH is 6. The summed E-state index contributed by atoms with van der Waals surface area (Å²) in [6, 6.07) is 0. The van der Waals surface area contributed by atoms with Crippen molar-refractivity contribution in [2.24, 2.45) is 0 Å². The van der Waals surface area contributed by atoms with E-state index in [9.17, 15) is 25.5 Å². The van der Waals surface area contributed by atoms with Gasteiger partial charge in [-0.05, 0) is 0 Å². The second kappa shape index (κ2) is 6.24. The van der Waals surface area contributed by atoms with Gasteiger partial charge < -0.3 is 49.6 Å². The standard InChI is InChI=1S/C12H20O10/c13-1-3-5(14)6(15)7(16)12(21-3)22-9-4-2-19-10(9)8(17)11(18)20-4/h3-18H,1-2H2/t3-,4+,5+,6+,7-,8+,9-,10+,11-,12+/m1/s1. The highest BCUT2D eigenvalue weighted by Gasteiger charge is 2.54. The lowest BCUT2D eigenvalue weighted by molar-refractivity contribution is -0.336. The van der Waals surface area contributed by atoms with Crippen LogP contribution < -0.4 is 0 Å². The Morgan fingerprint density at radius 1 is 0.909 bits per heavy atom. The Balaban J connectivity index is 1.70. The van der Waals surface area contributed by atoms with Crippen LogP contribution in [0, 0.1) is 0 Å². The number of fused-ring (bicyclic) bond motifs is 2. The van der Waals surface area contributed by atoms with Crippen LogP contribution in [0.3, 0.4) is 0 Å². The molecule has 10 nitrogen and oxygen atoms in total. The minimum absolute atomic E-state index is 0.0842. The molecule has 3 fully saturated rings. The zero-order chi connectivity index (χ0) is 16.0. The van der Waals surface area contributed by atoms with Gasteiger partial charge in [0.25, 0.3) is 0 Å². The first-order valence-electron chi connectivity index (χ1n) is 7.03. The minimum Gasteiger partial charge on any atom is -0.394 e. The molecule has 6 N–H and O–H groups in total. The van der Waals surface area contributed by atoms with Gasteiger partial charge in [-0.25, -0.2) is 0 Å². The molecule has 3 saturated heterocycles. The first-order chi connectivity index (χ1) is 10.4. The van der Waals surface area contributed by atoms with E-state index in [1.165, 1.54) is 0 Å². The smallest absolute Gasteiger partial charge is 0.187 e. The van der Waals surface area contributed by atoms with Crippen molar-refractivity contribution >= 4 is 0 Å². The highest BCUT2D eigenvalue weighted by atomic mass is 16.7. The van der Waals surface area contributed by atoms with Crippen molar-refractivity contribution in [2.45, 2.75) is 61.4 Å². The number of aliphatic hydroxyl groups is 6. The van der Waals surface area contributed by atoms with Crippen molar-refractivity contribution in [3.63, 3.8) is 0 Å². The third kappa shape index (κ3) is 2.65. The molecule has 3 rings (SSSR count). The lowest BCUT2D eigenvalue weighted by Gasteiger charge is -2.43. The van der Waals surface area contributed by atoms with Gasteiger partial charge in [0.2, 0.25) is 0 Å². The summed E-state index contributed by atoms with van der Waals surface area (Å²) < 4.78 is 21.2. The topological polar surface area (TPSA) is 158 Å². The predicted molar refractivity (Wildman–Crippen MR) is 65.3 cm³/mol. The Hall–Kier alpha value is -0.400. The van der Waals surface area contributed by atoms with Gasteiger partial charge in [0.05, 0.1) is 13.2 Å². The lowest BCUT2D eigenvalue weighted by atomic mass is 9.98. The molecule has 0 spiro atoms. The number of ether oxygens (including phenoxy) is 4. The second-order valence-corrected chi connectivity index (χ2v) is 5.65. The Morgan fingerprint density at radius 2 is 1.64 bits per heavy atom. The molecule has 0 aromatic rings. The SMILES string of the molecule is OC[C@H]1O[C@@H](O[C@H]2[C@H]3OC[C@@H]2O[C@@H](O)[C@H]3O)[C@H](O)[C@@H](O)[C@H]1O. The summed E-state index contributed by atoms with van der Waals surface area (Å²) in [6.45, 7) is -0.489. The third-order valence-corrected chi connectivity index (χ3v) is 4.23. The van der Waals surface area contributed by atoms with Crippen LogP contribution in [0.25, 0.3) is 0 Å². The fourth-order valence-electron chi connectivity index (χ4n) is 2.94. The maximum absolute atomic E-state index is 9.93. The molecular weight excluding hydrogens is 304 g/mol. The summed E-state index contributed by atoms with van der Waals surface area (Å²) in [7, 11) is 0. The van der Waals surface area contributed by atoms with Crippen LogP contribution in [0.2, 0.25) is 0 Å². The average Bonchev–Trinajstić information content (AvgIpc) is 2.82. The Labute approximate surface area is 125 Å². The van der Waals surface area contributed by atoms with Gasteiger partial charge in [-0.15, -0.1) is 0 Å². The molecule has 10 atom stereocenters. The fourth-order valence-corrected chi connectivity index (χ4v) is 2.94. The van der Waals surface area contributed by atoms with Gasteiger partial charge in [-0.2, -0.15) is 0 Å². The van der Waals surface area contributed by atoms with Crippen LogP contribution in [-0.4, -0.2) is 105 Å². The van der Waals surface area contributed by atoms with Crippen molar-refractivity contribution in [3.8, 4) is 0 Å². The van der Waals surface area contributed by atoms with E-state index in [2.05, 4.69) is 0 Å². The van der Waals surface area contributed by atoms with Crippen molar-refractivity contribution in [1.29, 1.82) is 0 Å². The van der Waals surface area contributed by atoms with E-state index >= 15 is 0 Å². The van der Waals surface area contributed by atoms with E-state index in [-0.39, 0.29) is 6.61 Å². The molecule has 2 bridgehead atoms. The Kier molecular flexibility index (Phi) is 4.67. The van der Waals surface area contributed by atoms with Crippen LogP contribution in [0.4, 0.5) is 0 Å². The van der Waals surface area contributed by atoms with Gasteiger partial charge in [-0.3, -0.25) is 0 Å². The van der Waals surface area contributed by atoms with Crippen LogP contribution >= 0.6 is 0 Å². The first kappa shape index (κ1) is 16.5. The first-order valence-corrected chi connectivity index (χ1v) is 7.03. The number of hydrogen-bond donors (Lipinski definition) is 6. The van der Waals surface area contributed by atoms with Crippen LogP contribution in [0.1, 0.15) is 0 Å². The lowest BCUT2D eigenvalue weighted by Crippen LogP contribution is -2.62. The van der Waals surface area contributed by atoms with Gasteiger partial charge >= 0.3 is 0 Å². The summed E-state index contributed by atoms with van der Waals surface area (Å²) in [6.07, 6.45) is -12.1. The molecule has 0 aliphatic carbocycles. The van der Waals surface area contributed by atoms with Gasteiger partial charge in [-0.1, -0.05) is 0 Å². The average molecular weight is 324 g/mol. The molecule has 3 heterocycles. The maximum atomic E-state index is 9.93. The normalized spacial score (nSPS) is 55.4. The summed E-state index contributed by atoms with van der Waals surface area (Å²) in [5, 5.41) is 57.8. The molecule has 22 heavy (non-hydrogen) atoms. The van der Waals surface area contributed by atoms with Crippen molar-refractivity contribution < 1.29 is 49.6 Å². The zero-order valence-corrected chi connectivity index (χ0v) is 11.5. The predicted octanol–water partition coefficient (Wildman–Crippen LogP) is -4.35. The summed E-state index contributed by atoms with van der Waals surface area (Å²) in [4.78, 5) is 0. The molecule has 128 valence electrons. The number of rotatable bonds is 3. The van der Waals surface area contributed by atoms with Crippen LogP contribution in [0.15, 0.2) is 0 Å².